The maximum atomic E-state index is 12.1. The van der Waals surface area contributed by atoms with Crippen LogP contribution in [0.3, 0.4) is 0 Å². The number of rotatable bonds is 3. The fraction of sp³-hybridized carbons (Fsp3) is 0.0714. The molecule has 0 saturated heterocycles. The molecule has 0 saturated carbocycles. The summed E-state index contributed by atoms with van der Waals surface area (Å²) in [7, 11) is 0. The molecule has 2 aromatic heterocycles. The topological polar surface area (TPSA) is 44.9 Å². The smallest absolute Gasteiger partial charge is 0.268 e. The van der Waals surface area contributed by atoms with Gasteiger partial charge in [-0.2, -0.15) is 0 Å². The molecular formula is C14H10BrClN2OS. The van der Waals surface area contributed by atoms with Crippen molar-refractivity contribution in [3.8, 4) is 0 Å². The minimum Gasteiger partial charge on any atom is -0.351 e. The van der Waals surface area contributed by atoms with E-state index in [9.17, 15) is 4.79 Å². The molecule has 0 aliphatic rings. The van der Waals surface area contributed by atoms with Gasteiger partial charge in [0.1, 0.15) is 5.69 Å². The highest BCUT2D eigenvalue weighted by Gasteiger charge is 2.10. The molecule has 0 bridgehead atoms. The van der Waals surface area contributed by atoms with Crippen LogP contribution in [0.1, 0.15) is 15.4 Å². The number of H-pyrrole nitrogens is 1. The van der Waals surface area contributed by atoms with Crippen molar-refractivity contribution in [2.75, 3.05) is 0 Å². The van der Waals surface area contributed by atoms with Crippen molar-refractivity contribution in [3.05, 3.63) is 55.8 Å². The molecule has 0 aliphatic heterocycles. The van der Waals surface area contributed by atoms with Crippen molar-refractivity contribution >= 4 is 55.7 Å². The van der Waals surface area contributed by atoms with E-state index in [-0.39, 0.29) is 5.91 Å². The Bertz CT molecular complexity index is 780. The molecule has 0 aliphatic carbocycles. The van der Waals surface area contributed by atoms with Crippen LogP contribution >= 0.6 is 38.9 Å². The van der Waals surface area contributed by atoms with Crippen molar-refractivity contribution in [1.82, 2.24) is 10.3 Å². The Morgan fingerprint density at radius 1 is 1.35 bits per heavy atom. The monoisotopic (exact) mass is 368 g/mol. The number of aromatic amines is 1. The lowest BCUT2D eigenvalue weighted by Gasteiger charge is -2.00. The second kappa shape index (κ2) is 5.60. The van der Waals surface area contributed by atoms with Crippen LogP contribution in [0.25, 0.3) is 10.9 Å². The summed E-state index contributed by atoms with van der Waals surface area (Å²) in [5.41, 5.74) is 1.44. The van der Waals surface area contributed by atoms with Crippen LogP contribution in [-0.2, 0) is 6.54 Å². The zero-order valence-corrected chi connectivity index (χ0v) is 13.4. The van der Waals surface area contributed by atoms with Gasteiger partial charge in [0, 0.05) is 30.7 Å². The number of benzene rings is 1. The van der Waals surface area contributed by atoms with Crippen LogP contribution in [0.2, 0.25) is 5.02 Å². The summed E-state index contributed by atoms with van der Waals surface area (Å²) in [5.74, 6) is -0.123. The summed E-state index contributed by atoms with van der Waals surface area (Å²) < 4.78 is 1.03. The fourth-order valence-corrected chi connectivity index (χ4v) is 3.51. The number of amides is 1. The molecule has 2 N–H and O–H groups in total. The van der Waals surface area contributed by atoms with Gasteiger partial charge in [-0.05, 0) is 46.3 Å². The molecule has 0 unspecified atom stereocenters. The van der Waals surface area contributed by atoms with Gasteiger partial charge in [0.05, 0.1) is 6.54 Å². The summed E-state index contributed by atoms with van der Waals surface area (Å²) >= 11 is 10.9. The number of hydrogen-bond donors (Lipinski definition) is 2. The SMILES string of the molecule is O=C(NCc1cc(Br)cs1)c1cc2cc(Cl)ccc2[nH]1. The highest BCUT2D eigenvalue weighted by molar-refractivity contribution is 9.10. The van der Waals surface area contributed by atoms with E-state index in [1.807, 2.05) is 23.6 Å². The first-order valence-corrected chi connectivity index (χ1v) is 7.96. The maximum Gasteiger partial charge on any atom is 0.268 e. The van der Waals surface area contributed by atoms with Gasteiger partial charge in [0.2, 0.25) is 0 Å². The highest BCUT2D eigenvalue weighted by Crippen LogP contribution is 2.21. The van der Waals surface area contributed by atoms with Crippen LogP contribution in [0.15, 0.2) is 40.2 Å². The third-order valence-electron chi connectivity index (χ3n) is 2.87. The van der Waals surface area contributed by atoms with Gasteiger partial charge >= 0.3 is 0 Å². The van der Waals surface area contributed by atoms with E-state index in [0.29, 0.717) is 17.3 Å². The lowest BCUT2D eigenvalue weighted by atomic mass is 10.2. The standard InChI is InChI=1S/C14H10BrClN2OS/c15-9-5-11(20-7-9)6-17-14(19)13-4-8-3-10(16)1-2-12(8)18-13/h1-5,7,18H,6H2,(H,17,19). The van der Waals surface area contributed by atoms with Crippen LogP contribution in [-0.4, -0.2) is 10.9 Å². The Morgan fingerprint density at radius 2 is 2.20 bits per heavy atom. The fourth-order valence-electron chi connectivity index (χ4n) is 1.93. The van der Waals surface area contributed by atoms with E-state index in [1.54, 1.807) is 23.5 Å². The average molecular weight is 370 g/mol. The second-order valence-corrected chi connectivity index (χ2v) is 6.68. The van der Waals surface area contributed by atoms with E-state index in [0.717, 1.165) is 20.3 Å². The van der Waals surface area contributed by atoms with Crippen LogP contribution < -0.4 is 5.32 Å². The van der Waals surface area contributed by atoms with E-state index < -0.39 is 0 Å². The summed E-state index contributed by atoms with van der Waals surface area (Å²) in [6.45, 7) is 0.519. The van der Waals surface area contributed by atoms with E-state index in [2.05, 4.69) is 26.2 Å². The molecule has 3 aromatic rings. The molecule has 0 atom stereocenters. The van der Waals surface area contributed by atoms with Gasteiger partial charge in [-0.15, -0.1) is 11.3 Å². The Balaban J connectivity index is 1.75. The number of carbonyl (C=O) groups is 1. The first-order valence-electron chi connectivity index (χ1n) is 5.91. The zero-order chi connectivity index (χ0) is 14.1. The largest absolute Gasteiger partial charge is 0.351 e. The van der Waals surface area contributed by atoms with E-state index in [4.69, 9.17) is 11.6 Å². The van der Waals surface area contributed by atoms with Crippen molar-refractivity contribution < 1.29 is 4.79 Å². The lowest BCUT2D eigenvalue weighted by Crippen LogP contribution is -2.22. The molecule has 102 valence electrons. The molecule has 2 heterocycles. The third-order valence-corrected chi connectivity index (χ3v) is 4.81. The zero-order valence-electron chi connectivity index (χ0n) is 10.2. The minimum absolute atomic E-state index is 0.123. The molecule has 0 fully saturated rings. The van der Waals surface area contributed by atoms with Crippen molar-refractivity contribution in [2.45, 2.75) is 6.54 Å². The number of nitrogens with one attached hydrogen (secondary N) is 2. The number of fused-ring (bicyclic) bond motifs is 1. The van der Waals surface area contributed by atoms with Crippen LogP contribution in [0.4, 0.5) is 0 Å². The molecule has 6 heteroatoms. The summed E-state index contributed by atoms with van der Waals surface area (Å²) in [6.07, 6.45) is 0. The van der Waals surface area contributed by atoms with Crippen molar-refractivity contribution in [2.24, 2.45) is 0 Å². The Kier molecular flexibility index (Phi) is 3.83. The van der Waals surface area contributed by atoms with E-state index >= 15 is 0 Å². The molecule has 1 aromatic carbocycles. The summed E-state index contributed by atoms with van der Waals surface area (Å²) in [5, 5.41) is 6.47. The van der Waals surface area contributed by atoms with Gasteiger partial charge in [-0.1, -0.05) is 11.6 Å². The number of carbonyl (C=O) groups excluding carboxylic acids is 1. The molecule has 0 spiro atoms. The predicted molar refractivity (Wildman–Crippen MR) is 86.5 cm³/mol. The van der Waals surface area contributed by atoms with E-state index in [1.165, 1.54) is 0 Å². The minimum atomic E-state index is -0.123. The molecule has 3 rings (SSSR count). The summed E-state index contributed by atoms with van der Waals surface area (Å²) in [6, 6.07) is 9.30. The first-order chi connectivity index (χ1) is 9.61. The number of aromatic nitrogens is 1. The number of thiophene rings is 1. The average Bonchev–Trinajstić information content (AvgIpc) is 3.01. The number of halogens is 2. The third kappa shape index (κ3) is 2.90. The maximum absolute atomic E-state index is 12.1. The Hall–Kier alpha value is -1.30. The molecule has 3 nitrogen and oxygen atoms in total. The van der Waals surface area contributed by atoms with Gasteiger partial charge in [-0.25, -0.2) is 0 Å². The van der Waals surface area contributed by atoms with Gasteiger partial charge in [-0.3, -0.25) is 4.79 Å². The summed E-state index contributed by atoms with van der Waals surface area (Å²) in [4.78, 5) is 16.3. The molecular weight excluding hydrogens is 360 g/mol. The predicted octanol–water partition coefficient (Wildman–Crippen LogP) is 4.58. The van der Waals surface area contributed by atoms with Gasteiger partial charge in [0.15, 0.2) is 0 Å². The quantitative estimate of drug-likeness (QED) is 0.697. The second-order valence-electron chi connectivity index (χ2n) is 4.33. The highest BCUT2D eigenvalue weighted by atomic mass is 79.9. The molecule has 20 heavy (non-hydrogen) atoms. The lowest BCUT2D eigenvalue weighted by molar-refractivity contribution is 0.0947. The van der Waals surface area contributed by atoms with Crippen LogP contribution in [0.5, 0.6) is 0 Å². The normalized spacial score (nSPS) is 10.9. The van der Waals surface area contributed by atoms with Gasteiger partial charge < -0.3 is 10.3 Å². The molecule has 1 amide bonds. The van der Waals surface area contributed by atoms with Crippen molar-refractivity contribution in [1.29, 1.82) is 0 Å². The first kappa shape index (κ1) is 13.7. The molecule has 0 radical (unpaired) electrons. The van der Waals surface area contributed by atoms with Crippen molar-refractivity contribution in [3.63, 3.8) is 0 Å². The Labute approximate surface area is 133 Å². The van der Waals surface area contributed by atoms with Gasteiger partial charge in [0.25, 0.3) is 5.91 Å². The Morgan fingerprint density at radius 3 is 2.95 bits per heavy atom. The van der Waals surface area contributed by atoms with Crippen LogP contribution in [0, 0.1) is 0 Å². The number of hydrogen-bond acceptors (Lipinski definition) is 2.